The molecule has 1 saturated carbocycles. The van der Waals surface area contributed by atoms with Crippen LogP contribution in [-0.2, 0) is 9.47 Å². The Bertz CT molecular complexity index is 322. The van der Waals surface area contributed by atoms with Crippen molar-refractivity contribution in [3.8, 4) is 0 Å². The molecule has 22 heavy (non-hydrogen) atoms. The summed E-state index contributed by atoms with van der Waals surface area (Å²) < 4.78 is 12.1. The van der Waals surface area contributed by atoms with Gasteiger partial charge in [0.1, 0.15) is 0 Å². The molecule has 0 aromatic rings. The van der Waals surface area contributed by atoms with E-state index in [1.807, 2.05) is 0 Å². The average Bonchev–Trinajstić information content (AvgIpc) is 3.13. The Morgan fingerprint density at radius 2 is 1.41 bits per heavy atom. The van der Waals surface area contributed by atoms with Crippen LogP contribution in [0.2, 0.25) is 0 Å². The Morgan fingerprint density at radius 1 is 0.727 bits per heavy atom. The highest BCUT2D eigenvalue weighted by atomic mass is 16.5. The van der Waals surface area contributed by atoms with Crippen LogP contribution >= 0.6 is 0 Å². The lowest BCUT2D eigenvalue weighted by molar-refractivity contribution is -0.0160. The molecule has 2 aliphatic heterocycles. The van der Waals surface area contributed by atoms with Gasteiger partial charge in [0.2, 0.25) is 0 Å². The highest BCUT2D eigenvalue weighted by molar-refractivity contribution is 4.79. The van der Waals surface area contributed by atoms with Gasteiger partial charge in [-0.15, -0.1) is 0 Å². The molecule has 0 aromatic carbocycles. The van der Waals surface area contributed by atoms with Crippen LogP contribution in [0.5, 0.6) is 0 Å². The van der Waals surface area contributed by atoms with Gasteiger partial charge in [-0.05, 0) is 82.5 Å². The maximum absolute atomic E-state index is 6.32. The van der Waals surface area contributed by atoms with Gasteiger partial charge >= 0.3 is 0 Å². The summed E-state index contributed by atoms with van der Waals surface area (Å²) in [4.78, 5) is 0. The normalized spacial score (nSPS) is 42.8. The van der Waals surface area contributed by atoms with Crippen molar-refractivity contribution in [2.75, 3.05) is 6.61 Å². The molecule has 0 spiro atoms. The maximum Gasteiger partial charge on any atom is 0.0580 e. The van der Waals surface area contributed by atoms with Crippen LogP contribution in [0.1, 0.15) is 84.5 Å². The molecular formula is C20H36O2. The third-order valence-corrected chi connectivity index (χ3v) is 6.39. The van der Waals surface area contributed by atoms with Crippen LogP contribution in [0.25, 0.3) is 0 Å². The Kier molecular flexibility index (Phi) is 6.21. The third kappa shape index (κ3) is 4.96. The van der Waals surface area contributed by atoms with Crippen molar-refractivity contribution in [2.45, 2.75) is 103 Å². The van der Waals surface area contributed by atoms with Crippen LogP contribution in [0.3, 0.4) is 0 Å². The molecule has 3 fully saturated rings. The summed E-state index contributed by atoms with van der Waals surface area (Å²) >= 11 is 0. The van der Waals surface area contributed by atoms with Gasteiger partial charge in [0.25, 0.3) is 0 Å². The second-order valence-electron chi connectivity index (χ2n) is 8.48. The van der Waals surface area contributed by atoms with Gasteiger partial charge in [0.15, 0.2) is 0 Å². The Hall–Kier alpha value is -0.0800. The van der Waals surface area contributed by atoms with Crippen molar-refractivity contribution in [3.05, 3.63) is 0 Å². The topological polar surface area (TPSA) is 18.5 Å². The van der Waals surface area contributed by atoms with E-state index in [1.165, 1.54) is 70.6 Å². The van der Waals surface area contributed by atoms with E-state index in [9.17, 15) is 0 Å². The molecular weight excluding hydrogens is 272 g/mol. The zero-order valence-electron chi connectivity index (χ0n) is 14.8. The summed E-state index contributed by atoms with van der Waals surface area (Å²) in [6.45, 7) is 5.60. The van der Waals surface area contributed by atoms with E-state index < -0.39 is 0 Å². The van der Waals surface area contributed by atoms with E-state index in [4.69, 9.17) is 9.47 Å². The molecule has 3 rings (SSSR count). The largest absolute Gasteiger partial charge is 0.378 e. The maximum atomic E-state index is 6.32. The van der Waals surface area contributed by atoms with Crippen molar-refractivity contribution in [2.24, 2.45) is 17.8 Å². The highest BCUT2D eigenvalue weighted by Crippen LogP contribution is 2.36. The molecule has 0 bridgehead atoms. The molecule has 128 valence electrons. The first-order chi connectivity index (χ1) is 10.7. The zero-order chi connectivity index (χ0) is 15.4. The summed E-state index contributed by atoms with van der Waals surface area (Å²) in [6, 6.07) is 0. The van der Waals surface area contributed by atoms with Crippen LogP contribution in [0.15, 0.2) is 0 Å². The summed E-state index contributed by atoms with van der Waals surface area (Å²) in [7, 11) is 0. The molecule has 1 aliphatic carbocycles. The molecule has 2 heterocycles. The molecule has 0 N–H and O–H groups in total. The Morgan fingerprint density at radius 3 is 2.00 bits per heavy atom. The predicted molar refractivity (Wildman–Crippen MR) is 91.0 cm³/mol. The van der Waals surface area contributed by atoms with Gasteiger partial charge in [-0.3, -0.25) is 0 Å². The molecule has 0 aromatic heterocycles. The van der Waals surface area contributed by atoms with Crippen molar-refractivity contribution < 1.29 is 9.47 Å². The standard InChI is InChI=1S/C20H36O2/c1-15-3-5-17(13-15)7-9-19-11-12-20(22-19)10-8-18-6-4-16(2)21-14-18/h15-20H,3-14H2,1-2H3. The average molecular weight is 309 g/mol. The number of hydrogen-bond acceptors (Lipinski definition) is 2. The van der Waals surface area contributed by atoms with Gasteiger partial charge in [0, 0.05) is 6.61 Å². The first-order valence-electron chi connectivity index (χ1n) is 9.96. The first kappa shape index (κ1) is 16.8. The van der Waals surface area contributed by atoms with Crippen LogP contribution in [-0.4, -0.2) is 24.9 Å². The van der Waals surface area contributed by atoms with E-state index in [1.54, 1.807) is 0 Å². The second kappa shape index (κ2) is 8.15. The summed E-state index contributed by atoms with van der Waals surface area (Å²) in [5.74, 6) is 2.76. The SMILES string of the molecule is CC1CCC(CCC2CCC(CCC3CCC(C)OC3)O2)C1. The smallest absolute Gasteiger partial charge is 0.0580 e. The number of ether oxygens (including phenoxy) is 2. The van der Waals surface area contributed by atoms with E-state index in [0.29, 0.717) is 18.3 Å². The van der Waals surface area contributed by atoms with Gasteiger partial charge in [0.05, 0.1) is 18.3 Å². The Balaban J connectivity index is 1.27. The lowest BCUT2D eigenvalue weighted by atomic mass is 9.93. The van der Waals surface area contributed by atoms with Gasteiger partial charge in [-0.25, -0.2) is 0 Å². The van der Waals surface area contributed by atoms with Crippen molar-refractivity contribution >= 4 is 0 Å². The molecule has 6 unspecified atom stereocenters. The quantitative estimate of drug-likeness (QED) is 0.659. The lowest BCUT2D eigenvalue weighted by Crippen LogP contribution is -2.24. The monoisotopic (exact) mass is 308 g/mol. The van der Waals surface area contributed by atoms with Gasteiger partial charge in [-0.2, -0.15) is 0 Å². The molecule has 0 radical (unpaired) electrons. The molecule has 2 nitrogen and oxygen atoms in total. The fourth-order valence-electron chi connectivity index (χ4n) is 4.80. The molecule has 2 saturated heterocycles. The Labute approximate surface area is 137 Å². The predicted octanol–water partition coefficient (Wildman–Crippen LogP) is 5.35. The molecule has 6 atom stereocenters. The van der Waals surface area contributed by atoms with Gasteiger partial charge < -0.3 is 9.47 Å². The number of hydrogen-bond donors (Lipinski definition) is 0. The second-order valence-corrected chi connectivity index (χ2v) is 8.48. The minimum atomic E-state index is 0.488. The van der Waals surface area contributed by atoms with E-state index >= 15 is 0 Å². The summed E-state index contributed by atoms with van der Waals surface area (Å²) in [5.41, 5.74) is 0. The minimum Gasteiger partial charge on any atom is -0.378 e. The van der Waals surface area contributed by atoms with Crippen molar-refractivity contribution in [1.82, 2.24) is 0 Å². The highest BCUT2D eigenvalue weighted by Gasteiger charge is 2.28. The van der Waals surface area contributed by atoms with Crippen LogP contribution in [0, 0.1) is 17.8 Å². The van der Waals surface area contributed by atoms with Gasteiger partial charge in [-0.1, -0.05) is 19.8 Å². The fourth-order valence-corrected chi connectivity index (χ4v) is 4.80. The molecule has 0 amide bonds. The summed E-state index contributed by atoms with van der Waals surface area (Å²) in [5, 5.41) is 0. The lowest BCUT2D eigenvalue weighted by Gasteiger charge is -2.27. The van der Waals surface area contributed by atoms with Crippen LogP contribution in [0.4, 0.5) is 0 Å². The molecule has 3 aliphatic rings. The third-order valence-electron chi connectivity index (χ3n) is 6.39. The zero-order valence-corrected chi connectivity index (χ0v) is 14.8. The first-order valence-corrected chi connectivity index (χ1v) is 9.96. The summed E-state index contributed by atoms with van der Waals surface area (Å²) in [6.07, 6.45) is 16.5. The van der Waals surface area contributed by atoms with E-state index in [0.717, 1.165) is 24.4 Å². The molecule has 2 heteroatoms. The van der Waals surface area contributed by atoms with Crippen molar-refractivity contribution in [1.29, 1.82) is 0 Å². The van der Waals surface area contributed by atoms with E-state index in [-0.39, 0.29) is 0 Å². The van der Waals surface area contributed by atoms with Crippen molar-refractivity contribution in [3.63, 3.8) is 0 Å². The minimum absolute atomic E-state index is 0.488. The fraction of sp³-hybridized carbons (Fsp3) is 1.00. The van der Waals surface area contributed by atoms with E-state index in [2.05, 4.69) is 13.8 Å². The number of rotatable bonds is 6. The van der Waals surface area contributed by atoms with Crippen LogP contribution < -0.4 is 0 Å².